The number of carbonyl (C=O) groups is 1. The zero-order valence-electron chi connectivity index (χ0n) is 6.70. The first-order chi connectivity index (χ1) is 6.29. The molecule has 0 saturated heterocycles. The van der Waals surface area contributed by atoms with Crippen LogP contribution in [0.15, 0.2) is 30.5 Å². The average Bonchev–Trinajstić information content (AvgIpc) is 2.54. The summed E-state index contributed by atoms with van der Waals surface area (Å²) in [5.41, 5.74) is 1.09. The van der Waals surface area contributed by atoms with Crippen LogP contribution in [-0.4, -0.2) is 16.6 Å². The van der Waals surface area contributed by atoms with E-state index in [1.54, 1.807) is 0 Å². The van der Waals surface area contributed by atoms with E-state index in [-0.39, 0.29) is 6.47 Å². The first-order valence-electron chi connectivity index (χ1n) is 3.59. The van der Waals surface area contributed by atoms with Gasteiger partial charge in [0.25, 0.3) is 6.47 Å². The normalized spacial score (nSPS) is 9.00. The molecule has 0 fully saturated rings. The first-order valence-corrected chi connectivity index (χ1v) is 3.97. The lowest BCUT2D eigenvalue weighted by atomic mass is 10.2. The van der Waals surface area contributed by atoms with E-state index in [9.17, 15) is 0 Å². The van der Waals surface area contributed by atoms with Crippen LogP contribution in [0, 0.1) is 0 Å². The monoisotopic (exact) mass is 197 g/mol. The Morgan fingerprint density at radius 2 is 2.08 bits per heavy atom. The van der Waals surface area contributed by atoms with Gasteiger partial charge >= 0.3 is 0 Å². The maximum Gasteiger partial charge on any atom is 0.290 e. The molecule has 0 aliphatic rings. The van der Waals surface area contributed by atoms with E-state index in [1.807, 2.05) is 30.5 Å². The molecule has 13 heavy (non-hydrogen) atoms. The third-order valence-corrected chi connectivity index (χ3v) is 1.87. The fraction of sp³-hybridized carbons (Fsp3) is 0. The van der Waals surface area contributed by atoms with Gasteiger partial charge < -0.3 is 10.1 Å². The number of nitrogens with one attached hydrogen (secondary N) is 1. The van der Waals surface area contributed by atoms with Crippen molar-refractivity contribution >= 4 is 29.0 Å². The Balaban J connectivity index is 0.000000251. The number of benzene rings is 1. The molecule has 0 radical (unpaired) electrons. The molecule has 0 atom stereocenters. The second-order valence-corrected chi connectivity index (χ2v) is 2.69. The lowest BCUT2D eigenvalue weighted by molar-refractivity contribution is -0.122. The van der Waals surface area contributed by atoms with Gasteiger partial charge in [-0.05, 0) is 18.2 Å². The molecule has 1 aromatic carbocycles. The maximum atomic E-state index is 8.36. The first kappa shape index (κ1) is 9.61. The predicted octanol–water partition coefficient (Wildman–Crippen LogP) is 2.52. The largest absolute Gasteiger partial charge is 0.483 e. The molecule has 2 N–H and O–H groups in total. The van der Waals surface area contributed by atoms with Gasteiger partial charge in [0.05, 0.1) is 0 Å². The lowest BCUT2D eigenvalue weighted by Gasteiger charge is -1.89. The van der Waals surface area contributed by atoms with E-state index in [0.717, 1.165) is 15.9 Å². The molecule has 1 heterocycles. The van der Waals surface area contributed by atoms with Gasteiger partial charge in [-0.25, -0.2) is 0 Å². The molecule has 2 aromatic rings. The van der Waals surface area contributed by atoms with Crippen LogP contribution in [0.2, 0.25) is 5.02 Å². The van der Waals surface area contributed by atoms with Crippen LogP contribution < -0.4 is 0 Å². The maximum absolute atomic E-state index is 8.36. The number of hydrogen-bond acceptors (Lipinski definition) is 1. The molecular formula is C9H8ClNO2. The van der Waals surface area contributed by atoms with E-state index in [0.29, 0.717) is 0 Å². The zero-order valence-corrected chi connectivity index (χ0v) is 7.45. The summed E-state index contributed by atoms with van der Waals surface area (Å²) in [6.07, 6.45) is 1.89. The molecule has 2 rings (SSSR count). The highest BCUT2D eigenvalue weighted by atomic mass is 35.5. The number of H-pyrrole nitrogens is 1. The lowest BCUT2D eigenvalue weighted by Crippen LogP contribution is -1.66. The Morgan fingerprint density at radius 1 is 1.38 bits per heavy atom. The van der Waals surface area contributed by atoms with Gasteiger partial charge in [0.15, 0.2) is 0 Å². The number of fused-ring (bicyclic) bond motifs is 1. The quantitative estimate of drug-likeness (QED) is 0.638. The predicted molar refractivity (Wildman–Crippen MR) is 52.0 cm³/mol. The van der Waals surface area contributed by atoms with Crippen molar-refractivity contribution in [3.8, 4) is 0 Å². The molecule has 1 aromatic heterocycles. The molecule has 3 nitrogen and oxygen atoms in total. The fourth-order valence-electron chi connectivity index (χ4n) is 1.05. The van der Waals surface area contributed by atoms with Crippen molar-refractivity contribution in [2.75, 3.05) is 0 Å². The Labute approximate surface area is 80.0 Å². The molecule has 0 spiro atoms. The van der Waals surface area contributed by atoms with E-state index in [4.69, 9.17) is 21.5 Å². The minimum atomic E-state index is -0.250. The third-order valence-electron chi connectivity index (χ3n) is 1.54. The van der Waals surface area contributed by atoms with Crippen molar-refractivity contribution in [3.05, 3.63) is 35.5 Å². The van der Waals surface area contributed by atoms with E-state index in [2.05, 4.69) is 4.98 Å². The molecule has 0 amide bonds. The van der Waals surface area contributed by atoms with Crippen LogP contribution in [0.3, 0.4) is 0 Å². The summed E-state index contributed by atoms with van der Waals surface area (Å²) in [6, 6.07) is 7.79. The van der Waals surface area contributed by atoms with Crippen LogP contribution in [0.4, 0.5) is 0 Å². The molecule has 0 aliphatic heterocycles. The van der Waals surface area contributed by atoms with Crippen molar-refractivity contribution in [2.24, 2.45) is 0 Å². The van der Waals surface area contributed by atoms with Crippen LogP contribution in [0.5, 0.6) is 0 Å². The van der Waals surface area contributed by atoms with Gasteiger partial charge in [0, 0.05) is 22.1 Å². The molecular weight excluding hydrogens is 190 g/mol. The summed E-state index contributed by atoms with van der Waals surface area (Å²) in [5.74, 6) is 0. The molecule has 0 saturated carbocycles. The summed E-state index contributed by atoms with van der Waals surface area (Å²) in [5, 5.41) is 8.78. The highest BCUT2D eigenvalue weighted by Crippen LogP contribution is 2.21. The molecule has 0 aliphatic carbocycles. The SMILES string of the molecule is Clc1cccc2[nH]ccc12.O=CO. The van der Waals surface area contributed by atoms with Crippen molar-refractivity contribution in [2.45, 2.75) is 0 Å². The number of rotatable bonds is 0. The van der Waals surface area contributed by atoms with Crippen LogP contribution in [0.1, 0.15) is 0 Å². The number of aromatic nitrogens is 1. The molecule has 68 valence electrons. The highest BCUT2D eigenvalue weighted by molar-refractivity contribution is 6.35. The zero-order chi connectivity index (χ0) is 9.68. The summed E-state index contributed by atoms with van der Waals surface area (Å²) in [4.78, 5) is 11.4. The molecule has 4 heteroatoms. The van der Waals surface area contributed by atoms with E-state index in [1.165, 1.54) is 0 Å². The summed E-state index contributed by atoms with van der Waals surface area (Å²) >= 11 is 5.88. The van der Waals surface area contributed by atoms with Gasteiger partial charge in [-0.3, -0.25) is 4.79 Å². The number of aromatic amines is 1. The minimum absolute atomic E-state index is 0.250. The van der Waals surface area contributed by atoms with Crippen molar-refractivity contribution < 1.29 is 9.90 Å². The Hall–Kier alpha value is -1.48. The number of halogens is 1. The highest BCUT2D eigenvalue weighted by Gasteiger charge is 1.95. The Kier molecular flexibility index (Phi) is 3.34. The van der Waals surface area contributed by atoms with Gasteiger partial charge in [0.2, 0.25) is 0 Å². The minimum Gasteiger partial charge on any atom is -0.483 e. The third kappa shape index (κ3) is 2.23. The average molecular weight is 198 g/mol. The smallest absolute Gasteiger partial charge is 0.290 e. The Morgan fingerprint density at radius 3 is 2.69 bits per heavy atom. The van der Waals surface area contributed by atoms with E-state index >= 15 is 0 Å². The van der Waals surface area contributed by atoms with Gasteiger partial charge in [-0.15, -0.1) is 0 Å². The number of carboxylic acid groups (broad SMARTS) is 1. The van der Waals surface area contributed by atoms with Gasteiger partial charge in [0.1, 0.15) is 0 Å². The van der Waals surface area contributed by atoms with Crippen molar-refractivity contribution in [1.29, 1.82) is 0 Å². The van der Waals surface area contributed by atoms with Gasteiger partial charge in [-0.2, -0.15) is 0 Å². The summed E-state index contributed by atoms with van der Waals surface area (Å²) in [7, 11) is 0. The van der Waals surface area contributed by atoms with Crippen LogP contribution in [-0.2, 0) is 4.79 Å². The summed E-state index contributed by atoms with van der Waals surface area (Å²) < 4.78 is 0. The fourth-order valence-corrected chi connectivity index (χ4v) is 1.28. The standard InChI is InChI=1S/C8H6ClN.CH2O2/c9-7-2-1-3-8-6(7)4-5-10-8;2-1-3/h1-5,10H;1H,(H,2,3). The topological polar surface area (TPSA) is 53.1 Å². The second kappa shape index (κ2) is 4.52. The van der Waals surface area contributed by atoms with Crippen molar-refractivity contribution in [1.82, 2.24) is 4.98 Å². The number of hydrogen-bond donors (Lipinski definition) is 2. The van der Waals surface area contributed by atoms with Crippen LogP contribution >= 0.6 is 11.6 Å². The van der Waals surface area contributed by atoms with Crippen molar-refractivity contribution in [3.63, 3.8) is 0 Å². The molecule has 0 bridgehead atoms. The van der Waals surface area contributed by atoms with Gasteiger partial charge in [-0.1, -0.05) is 17.7 Å². The van der Waals surface area contributed by atoms with Crippen LogP contribution in [0.25, 0.3) is 10.9 Å². The molecule has 0 unspecified atom stereocenters. The Bertz CT molecular complexity index is 397. The second-order valence-electron chi connectivity index (χ2n) is 2.28. The van der Waals surface area contributed by atoms with E-state index < -0.39 is 0 Å². The summed E-state index contributed by atoms with van der Waals surface area (Å²) in [6.45, 7) is -0.250.